The minimum Gasteiger partial charge on any atom is -0.465 e. The molecule has 0 radical (unpaired) electrons. The number of likely N-dealkylation sites (tertiary alicyclic amines) is 1. The van der Waals surface area contributed by atoms with Crippen molar-refractivity contribution < 1.29 is 14.3 Å². The van der Waals surface area contributed by atoms with Crippen LogP contribution in [-0.2, 0) is 19.7 Å². The zero-order valence-electron chi connectivity index (χ0n) is 15.5. The number of piperidine rings is 1. The van der Waals surface area contributed by atoms with E-state index in [-0.39, 0.29) is 18.4 Å². The minimum atomic E-state index is -0.489. The summed E-state index contributed by atoms with van der Waals surface area (Å²) in [6.07, 6.45) is 3.92. The number of halogens is 1. The molecule has 0 saturated carbocycles. The Morgan fingerprint density at radius 3 is 2.40 bits per heavy atom. The van der Waals surface area contributed by atoms with E-state index in [1.54, 1.807) is 0 Å². The van der Waals surface area contributed by atoms with Crippen LogP contribution in [0.15, 0.2) is 30.3 Å². The van der Waals surface area contributed by atoms with Crippen molar-refractivity contribution in [3.8, 4) is 0 Å². The smallest absolute Gasteiger partial charge is 0.316 e. The Hall–Kier alpha value is -1.10. The standard InChI is InChI=1S/C20H31NO3.ClH/c1-3-5-16-23-17-15-21-13-11-20(12-14-21,19(22)24-4-2)18-9-7-6-8-10-18;/h6-10H,3-5,11-17H2,1-2H3;1H. The van der Waals surface area contributed by atoms with E-state index < -0.39 is 5.41 Å². The van der Waals surface area contributed by atoms with Crippen LogP contribution in [0.25, 0.3) is 0 Å². The van der Waals surface area contributed by atoms with Crippen molar-refractivity contribution in [1.82, 2.24) is 4.90 Å². The van der Waals surface area contributed by atoms with E-state index in [2.05, 4.69) is 24.0 Å². The molecule has 4 nitrogen and oxygen atoms in total. The molecule has 142 valence electrons. The Bertz CT molecular complexity index is 487. The van der Waals surface area contributed by atoms with E-state index in [1.165, 1.54) is 6.42 Å². The maximum Gasteiger partial charge on any atom is 0.316 e. The molecule has 0 aliphatic carbocycles. The fourth-order valence-corrected chi connectivity index (χ4v) is 3.34. The van der Waals surface area contributed by atoms with E-state index in [9.17, 15) is 4.79 Å². The quantitative estimate of drug-likeness (QED) is 0.490. The first-order chi connectivity index (χ1) is 11.7. The molecule has 1 aromatic carbocycles. The molecule has 25 heavy (non-hydrogen) atoms. The van der Waals surface area contributed by atoms with Crippen LogP contribution < -0.4 is 0 Å². The predicted molar refractivity (Wildman–Crippen MR) is 103 cm³/mol. The molecular formula is C20H32ClNO3. The molecule has 1 heterocycles. The highest BCUT2D eigenvalue weighted by Gasteiger charge is 2.43. The maximum atomic E-state index is 12.7. The van der Waals surface area contributed by atoms with Crippen molar-refractivity contribution in [3.63, 3.8) is 0 Å². The van der Waals surface area contributed by atoms with Crippen LogP contribution in [0.2, 0.25) is 0 Å². The number of hydrogen-bond acceptors (Lipinski definition) is 4. The molecule has 1 aliphatic heterocycles. The van der Waals surface area contributed by atoms with Gasteiger partial charge in [-0.3, -0.25) is 4.79 Å². The van der Waals surface area contributed by atoms with Gasteiger partial charge >= 0.3 is 5.97 Å². The molecule has 0 amide bonds. The molecule has 1 saturated heterocycles. The zero-order chi connectivity index (χ0) is 17.3. The minimum absolute atomic E-state index is 0. The molecule has 0 N–H and O–H groups in total. The lowest BCUT2D eigenvalue weighted by molar-refractivity contribution is -0.152. The average Bonchev–Trinajstić information content (AvgIpc) is 2.63. The van der Waals surface area contributed by atoms with Gasteiger partial charge in [0.25, 0.3) is 0 Å². The fourth-order valence-electron chi connectivity index (χ4n) is 3.34. The normalized spacial score (nSPS) is 16.9. The molecule has 1 aromatic rings. The van der Waals surface area contributed by atoms with Crippen molar-refractivity contribution >= 4 is 18.4 Å². The van der Waals surface area contributed by atoms with Crippen molar-refractivity contribution in [1.29, 1.82) is 0 Å². The highest BCUT2D eigenvalue weighted by molar-refractivity contribution is 5.85. The van der Waals surface area contributed by atoms with Gasteiger partial charge in [0.15, 0.2) is 0 Å². The topological polar surface area (TPSA) is 38.8 Å². The van der Waals surface area contributed by atoms with Crippen molar-refractivity contribution in [3.05, 3.63) is 35.9 Å². The lowest BCUT2D eigenvalue weighted by atomic mass is 9.72. The van der Waals surface area contributed by atoms with Gasteiger partial charge in [0.1, 0.15) is 0 Å². The lowest BCUT2D eigenvalue weighted by Crippen LogP contribution is -2.48. The van der Waals surface area contributed by atoms with Crippen LogP contribution in [-0.4, -0.2) is 50.3 Å². The molecule has 1 fully saturated rings. The summed E-state index contributed by atoms with van der Waals surface area (Å²) in [6, 6.07) is 10.1. The second kappa shape index (κ2) is 11.5. The van der Waals surface area contributed by atoms with E-state index in [0.717, 1.165) is 57.7 Å². The number of unbranched alkanes of at least 4 members (excludes halogenated alkanes) is 1. The number of rotatable bonds is 9. The van der Waals surface area contributed by atoms with Gasteiger partial charge in [-0.25, -0.2) is 0 Å². The molecule has 2 rings (SSSR count). The van der Waals surface area contributed by atoms with E-state index in [0.29, 0.717) is 6.61 Å². The monoisotopic (exact) mass is 369 g/mol. The second-order valence-corrected chi connectivity index (χ2v) is 6.48. The van der Waals surface area contributed by atoms with Gasteiger partial charge in [-0.2, -0.15) is 0 Å². The first-order valence-electron chi connectivity index (χ1n) is 9.25. The Kier molecular flexibility index (Phi) is 10.1. The Morgan fingerprint density at radius 2 is 1.80 bits per heavy atom. The lowest BCUT2D eigenvalue weighted by Gasteiger charge is -2.40. The number of ether oxygens (including phenoxy) is 2. The van der Waals surface area contributed by atoms with Crippen LogP contribution in [0.1, 0.15) is 45.1 Å². The van der Waals surface area contributed by atoms with Gasteiger partial charge in [0.05, 0.1) is 18.6 Å². The van der Waals surface area contributed by atoms with Crippen molar-refractivity contribution in [2.24, 2.45) is 0 Å². The summed E-state index contributed by atoms with van der Waals surface area (Å²) in [5.41, 5.74) is 0.596. The largest absolute Gasteiger partial charge is 0.465 e. The van der Waals surface area contributed by atoms with Gasteiger partial charge in [0, 0.05) is 13.2 Å². The third kappa shape index (κ3) is 5.98. The second-order valence-electron chi connectivity index (χ2n) is 6.48. The number of hydrogen-bond donors (Lipinski definition) is 0. The molecule has 0 spiro atoms. The summed E-state index contributed by atoms with van der Waals surface area (Å²) in [4.78, 5) is 15.1. The summed E-state index contributed by atoms with van der Waals surface area (Å²) < 4.78 is 11.1. The summed E-state index contributed by atoms with van der Waals surface area (Å²) in [5, 5.41) is 0. The molecule has 0 atom stereocenters. The van der Waals surface area contributed by atoms with Gasteiger partial charge in [-0.1, -0.05) is 43.7 Å². The molecule has 0 unspecified atom stereocenters. The van der Waals surface area contributed by atoms with Gasteiger partial charge in [-0.15, -0.1) is 12.4 Å². The maximum absolute atomic E-state index is 12.7. The number of esters is 1. The fraction of sp³-hybridized carbons (Fsp3) is 0.650. The van der Waals surface area contributed by atoms with Gasteiger partial charge in [0.2, 0.25) is 0 Å². The van der Waals surface area contributed by atoms with E-state index in [1.807, 2.05) is 25.1 Å². The summed E-state index contributed by atoms with van der Waals surface area (Å²) in [7, 11) is 0. The highest BCUT2D eigenvalue weighted by atomic mass is 35.5. The average molecular weight is 370 g/mol. The Balaban J connectivity index is 0.00000312. The summed E-state index contributed by atoms with van der Waals surface area (Å²) in [5.74, 6) is -0.0740. The number of carbonyl (C=O) groups is 1. The van der Waals surface area contributed by atoms with Gasteiger partial charge in [-0.05, 0) is 44.8 Å². The third-order valence-corrected chi connectivity index (χ3v) is 4.90. The van der Waals surface area contributed by atoms with E-state index in [4.69, 9.17) is 9.47 Å². The first-order valence-corrected chi connectivity index (χ1v) is 9.25. The van der Waals surface area contributed by atoms with Crippen LogP contribution in [0.5, 0.6) is 0 Å². The van der Waals surface area contributed by atoms with Crippen LogP contribution in [0, 0.1) is 0 Å². The number of benzene rings is 1. The molecular weight excluding hydrogens is 338 g/mol. The molecule has 0 aromatic heterocycles. The molecule has 1 aliphatic rings. The summed E-state index contributed by atoms with van der Waals surface area (Å²) >= 11 is 0. The molecule has 5 heteroatoms. The van der Waals surface area contributed by atoms with Crippen molar-refractivity contribution in [2.75, 3.05) is 39.5 Å². The zero-order valence-corrected chi connectivity index (χ0v) is 16.4. The Labute approximate surface area is 158 Å². The Morgan fingerprint density at radius 1 is 1.12 bits per heavy atom. The predicted octanol–water partition coefficient (Wildman–Crippen LogP) is 3.82. The van der Waals surface area contributed by atoms with Crippen LogP contribution in [0.3, 0.4) is 0 Å². The summed E-state index contributed by atoms with van der Waals surface area (Å²) in [6.45, 7) is 8.86. The number of carbonyl (C=O) groups excluding carboxylic acids is 1. The van der Waals surface area contributed by atoms with E-state index >= 15 is 0 Å². The first kappa shape index (κ1) is 21.9. The van der Waals surface area contributed by atoms with Crippen molar-refractivity contribution in [2.45, 2.75) is 44.9 Å². The SMILES string of the molecule is CCCCOCCN1CCC(C(=O)OCC)(c2ccccc2)CC1.Cl. The third-order valence-electron chi connectivity index (χ3n) is 4.90. The molecule has 0 bridgehead atoms. The van der Waals surface area contributed by atoms with Gasteiger partial charge < -0.3 is 14.4 Å². The highest BCUT2D eigenvalue weighted by Crippen LogP contribution is 2.36. The van der Waals surface area contributed by atoms with Crippen LogP contribution in [0.4, 0.5) is 0 Å². The van der Waals surface area contributed by atoms with Crippen LogP contribution >= 0.6 is 12.4 Å². The number of nitrogens with zero attached hydrogens (tertiary/aromatic N) is 1.